The fourth-order valence-corrected chi connectivity index (χ4v) is 4.32. The first-order valence-electron chi connectivity index (χ1n) is 9.50. The van der Waals surface area contributed by atoms with Crippen molar-refractivity contribution in [3.63, 3.8) is 0 Å². The van der Waals surface area contributed by atoms with Gasteiger partial charge in [-0.05, 0) is 24.3 Å². The Morgan fingerprint density at radius 1 is 1.10 bits per heavy atom. The smallest absolute Gasteiger partial charge is 0.283 e. The fraction of sp³-hybridized carbons (Fsp3) is 0.0833. The van der Waals surface area contributed by atoms with Gasteiger partial charge in [0.1, 0.15) is 11.5 Å². The van der Waals surface area contributed by atoms with Gasteiger partial charge in [-0.2, -0.15) is 4.99 Å². The van der Waals surface area contributed by atoms with Gasteiger partial charge in [0.2, 0.25) is 6.79 Å². The molecule has 3 aromatic carbocycles. The first-order valence-corrected chi connectivity index (χ1v) is 10.3. The molecule has 0 fully saturated rings. The molecule has 0 bridgehead atoms. The molecule has 4 aromatic rings. The lowest BCUT2D eigenvalue weighted by Gasteiger charge is -2.08. The average Bonchev–Trinajstić information content (AvgIpc) is 3.37. The molecule has 0 unspecified atom stereocenters. The molecule has 7 heteroatoms. The van der Waals surface area contributed by atoms with Crippen molar-refractivity contribution >= 4 is 27.5 Å². The Kier molecular flexibility index (Phi) is 4.90. The summed E-state index contributed by atoms with van der Waals surface area (Å²) in [4.78, 5) is 18.0. The fourth-order valence-electron chi connectivity index (χ4n) is 3.28. The largest absolute Gasteiger partial charge is 0.457 e. The first kappa shape index (κ1) is 19.0. The molecule has 152 valence electrons. The van der Waals surface area contributed by atoms with Crippen molar-refractivity contribution in [2.75, 3.05) is 6.79 Å². The maximum Gasteiger partial charge on any atom is 0.283 e. The maximum atomic E-state index is 13.1. The van der Waals surface area contributed by atoms with Crippen LogP contribution >= 0.6 is 11.3 Å². The lowest BCUT2D eigenvalue weighted by molar-refractivity contribution is 0.0995. The molecule has 0 aliphatic carbocycles. The Morgan fingerprint density at radius 3 is 2.65 bits per heavy atom. The highest BCUT2D eigenvalue weighted by Crippen LogP contribution is 2.37. The molecule has 2 heterocycles. The molecule has 1 aromatic heterocycles. The number of ether oxygens (including phenoxy) is 3. The molecule has 0 saturated carbocycles. The minimum Gasteiger partial charge on any atom is -0.457 e. The van der Waals surface area contributed by atoms with Crippen LogP contribution in [0.2, 0.25) is 0 Å². The zero-order valence-corrected chi connectivity index (χ0v) is 17.1. The number of nitrogens with zero attached hydrogens (tertiary/aromatic N) is 2. The summed E-state index contributed by atoms with van der Waals surface area (Å²) >= 11 is 1.37. The number of benzene rings is 3. The van der Waals surface area contributed by atoms with E-state index in [1.54, 1.807) is 18.2 Å². The van der Waals surface area contributed by atoms with E-state index in [0.29, 0.717) is 33.4 Å². The Bertz CT molecular complexity index is 1400. The Hall–Kier alpha value is -4.02. The summed E-state index contributed by atoms with van der Waals surface area (Å²) in [5.41, 5.74) is 1.21. The number of fused-ring (bicyclic) bond motifs is 2. The minimum atomic E-state index is -0.413. The number of rotatable bonds is 4. The zero-order valence-electron chi connectivity index (χ0n) is 16.3. The number of aromatic nitrogens is 1. The molecule has 31 heavy (non-hydrogen) atoms. The van der Waals surface area contributed by atoms with Gasteiger partial charge in [-0.15, -0.1) is 6.42 Å². The SMILES string of the molecule is C#CCn1c(=NC(=O)c2ccccc2Oc2ccccc2)sc2cc3c(cc21)OCO3. The quantitative estimate of drug-likeness (QED) is 0.446. The summed E-state index contributed by atoms with van der Waals surface area (Å²) < 4.78 is 19.6. The van der Waals surface area contributed by atoms with E-state index in [0.717, 1.165) is 10.2 Å². The van der Waals surface area contributed by atoms with E-state index in [4.69, 9.17) is 20.6 Å². The van der Waals surface area contributed by atoms with Gasteiger partial charge in [0.05, 0.1) is 22.3 Å². The second kappa shape index (κ2) is 8.01. The second-order valence-electron chi connectivity index (χ2n) is 6.68. The Morgan fingerprint density at radius 2 is 1.84 bits per heavy atom. The van der Waals surface area contributed by atoms with Crippen molar-refractivity contribution in [3.05, 3.63) is 77.1 Å². The van der Waals surface area contributed by atoms with Crippen LogP contribution in [-0.4, -0.2) is 17.3 Å². The van der Waals surface area contributed by atoms with Crippen LogP contribution in [0.15, 0.2) is 71.7 Å². The number of carbonyl (C=O) groups excluding carboxylic acids is 1. The van der Waals surface area contributed by atoms with Crippen molar-refractivity contribution < 1.29 is 19.0 Å². The van der Waals surface area contributed by atoms with E-state index < -0.39 is 5.91 Å². The van der Waals surface area contributed by atoms with Crippen LogP contribution in [0.1, 0.15) is 10.4 Å². The van der Waals surface area contributed by atoms with Crippen LogP contribution in [0, 0.1) is 12.3 Å². The van der Waals surface area contributed by atoms with Crippen LogP contribution in [0.5, 0.6) is 23.0 Å². The van der Waals surface area contributed by atoms with E-state index in [1.807, 2.05) is 53.1 Å². The average molecular weight is 428 g/mol. The monoisotopic (exact) mass is 428 g/mol. The third-order valence-electron chi connectivity index (χ3n) is 4.71. The maximum absolute atomic E-state index is 13.1. The van der Waals surface area contributed by atoms with Crippen LogP contribution in [0.4, 0.5) is 0 Å². The van der Waals surface area contributed by atoms with Gasteiger partial charge in [0, 0.05) is 12.1 Å². The summed E-state index contributed by atoms with van der Waals surface area (Å²) in [6.07, 6.45) is 5.58. The normalized spacial score (nSPS) is 12.7. The predicted octanol–water partition coefficient (Wildman–Crippen LogP) is 4.60. The van der Waals surface area contributed by atoms with E-state index >= 15 is 0 Å². The van der Waals surface area contributed by atoms with Gasteiger partial charge >= 0.3 is 0 Å². The first-order chi connectivity index (χ1) is 15.2. The van der Waals surface area contributed by atoms with Gasteiger partial charge in [0.15, 0.2) is 16.3 Å². The number of hydrogen-bond acceptors (Lipinski definition) is 5. The summed E-state index contributed by atoms with van der Waals surface area (Å²) in [5, 5.41) is 0. The van der Waals surface area contributed by atoms with Crippen molar-refractivity contribution in [3.8, 4) is 35.3 Å². The molecule has 1 aliphatic heterocycles. The predicted molar refractivity (Wildman–Crippen MR) is 118 cm³/mol. The lowest BCUT2D eigenvalue weighted by atomic mass is 10.2. The number of hydrogen-bond donors (Lipinski definition) is 0. The molecule has 5 rings (SSSR count). The van der Waals surface area contributed by atoms with Gasteiger partial charge in [-0.3, -0.25) is 4.79 Å². The highest BCUT2D eigenvalue weighted by molar-refractivity contribution is 7.16. The van der Waals surface area contributed by atoms with Crippen LogP contribution in [-0.2, 0) is 6.54 Å². The van der Waals surface area contributed by atoms with E-state index in [1.165, 1.54) is 11.3 Å². The molecule has 1 aliphatic rings. The standard InChI is InChI=1S/C24H16N2O4S/c1-2-12-26-18-13-20-21(29-15-28-20)14-22(18)31-24(26)25-23(27)17-10-6-7-11-19(17)30-16-8-4-3-5-9-16/h1,3-11,13-14H,12,15H2. The molecule has 0 atom stereocenters. The Labute approximate surface area is 182 Å². The third kappa shape index (κ3) is 3.65. The summed E-state index contributed by atoms with van der Waals surface area (Å²) in [5.74, 6) is 4.61. The van der Waals surface area contributed by atoms with Crippen molar-refractivity contribution in [1.29, 1.82) is 0 Å². The van der Waals surface area contributed by atoms with Crippen molar-refractivity contribution in [2.24, 2.45) is 4.99 Å². The summed E-state index contributed by atoms with van der Waals surface area (Å²) in [7, 11) is 0. The van der Waals surface area contributed by atoms with E-state index in [-0.39, 0.29) is 13.3 Å². The summed E-state index contributed by atoms with van der Waals surface area (Å²) in [6, 6.07) is 20.1. The van der Waals surface area contributed by atoms with Crippen molar-refractivity contribution in [2.45, 2.75) is 6.54 Å². The van der Waals surface area contributed by atoms with Gasteiger partial charge in [-0.25, -0.2) is 0 Å². The number of thiazole rings is 1. The molecule has 0 spiro atoms. The van der Waals surface area contributed by atoms with Gasteiger partial charge in [-0.1, -0.05) is 47.6 Å². The van der Waals surface area contributed by atoms with E-state index in [2.05, 4.69) is 10.9 Å². The van der Waals surface area contributed by atoms with Crippen LogP contribution in [0.25, 0.3) is 10.2 Å². The topological polar surface area (TPSA) is 62.1 Å². The number of carbonyl (C=O) groups is 1. The number of terminal acetylenes is 1. The van der Waals surface area contributed by atoms with Gasteiger partial charge < -0.3 is 18.8 Å². The number of amides is 1. The Balaban J connectivity index is 1.58. The molecule has 0 radical (unpaired) electrons. The molecular weight excluding hydrogens is 412 g/mol. The highest BCUT2D eigenvalue weighted by Gasteiger charge is 2.18. The molecule has 0 N–H and O–H groups in total. The van der Waals surface area contributed by atoms with Crippen molar-refractivity contribution in [1.82, 2.24) is 4.57 Å². The summed E-state index contributed by atoms with van der Waals surface area (Å²) in [6.45, 7) is 0.462. The van der Waals surface area contributed by atoms with Gasteiger partial charge in [0.25, 0.3) is 5.91 Å². The van der Waals surface area contributed by atoms with Crippen LogP contribution in [0.3, 0.4) is 0 Å². The second-order valence-corrected chi connectivity index (χ2v) is 7.69. The highest BCUT2D eigenvalue weighted by atomic mass is 32.1. The molecular formula is C24H16N2O4S. The molecule has 6 nitrogen and oxygen atoms in total. The third-order valence-corrected chi connectivity index (χ3v) is 5.75. The number of para-hydroxylation sites is 2. The molecule has 1 amide bonds. The zero-order chi connectivity index (χ0) is 21.2. The lowest BCUT2D eigenvalue weighted by Crippen LogP contribution is -2.16. The van der Waals surface area contributed by atoms with E-state index in [9.17, 15) is 4.79 Å². The van der Waals surface area contributed by atoms with Crippen LogP contribution < -0.4 is 19.0 Å². The molecule has 0 saturated heterocycles. The minimum absolute atomic E-state index is 0.190.